The molecular formula is C12H14N4O2S. The largest absolute Gasteiger partial charge is 0.351 e. The number of urea groups is 1. The van der Waals surface area contributed by atoms with Crippen LogP contribution in [0.5, 0.6) is 0 Å². The van der Waals surface area contributed by atoms with E-state index >= 15 is 0 Å². The van der Waals surface area contributed by atoms with Crippen molar-refractivity contribution in [2.45, 2.75) is 11.6 Å². The van der Waals surface area contributed by atoms with Crippen LogP contribution in [0.2, 0.25) is 0 Å². The fourth-order valence-corrected chi connectivity index (χ4v) is 2.61. The van der Waals surface area contributed by atoms with Crippen molar-refractivity contribution in [3.63, 3.8) is 0 Å². The SMILES string of the molecule is Cn1c(SCCC(=O)NC(N)=O)nc2ccccc21. The van der Waals surface area contributed by atoms with E-state index in [1.165, 1.54) is 11.8 Å². The van der Waals surface area contributed by atoms with Crippen LogP contribution in [0.4, 0.5) is 4.79 Å². The maximum atomic E-state index is 11.2. The summed E-state index contributed by atoms with van der Waals surface area (Å²) in [6, 6.07) is 7.01. The molecule has 0 atom stereocenters. The Morgan fingerprint density at radius 1 is 1.42 bits per heavy atom. The molecular weight excluding hydrogens is 264 g/mol. The van der Waals surface area contributed by atoms with E-state index in [0.717, 1.165) is 16.2 Å². The molecule has 0 aliphatic carbocycles. The Bertz CT molecular complexity index is 623. The number of hydrogen-bond acceptors (Lipinski definition) is 4. The van der Waals surface area contributed by atoms with Crippen LogP contribution < -0.4 is 11.1 Å². The van der Waals surface area contributed by atoms with Crippen LogP contribution in [0.15, 0.2) is 29.4 Å². The zero-order valence-corrected chi connectivity index (χ0v) is 11.2. The van der Waals surface area contributed by atoms with Gasteiger partial charge in [0.05, 0.1) is 11.0 Å². The summed E-state index contributed by atoms with van der Waals surface area (Å²) in [5.74, 6) is 0.162. The van der Waals surface area contributed by atoms with Crippen molar-refractivity contribution >= 4 is 34.7 Å². The van der Waals surface area contributed by atoms with Gasteiger partial charge in [0.1, 0.15) is 0 Å². The van der Waals surface area contributed by atoms with Gasteiger partial charge in [-0.2, -0.15) is 0 Å². The van der Waals surface area contributed by atoms with Crippen molar-refractivity contribution in [2.24, 2.45) is 12.8 Å². The minimum atomic E-state index is -0.822. The van der Waals surface area contributed by atoms with Crippen LogP contribution in [0.25, 0.3) is 11.0 Å². The van der Waals surface area contributed by atoms with E-state index in [1.807, 2.05) is 41.2 Å². The Labute approximate surface area is 114 Å². The highest BCUT2D eigenvalue weighted by molar-refractivity contribution is 7.99. The molecule has 3 amide bonds. The zero-order valence-electron chi connectivity index (χ0n) is 10.4. The molecule has 0 fully saturated rings. The monoisotopic (exact) mass is 278 g/mol. The molecule has 0 spiro atoms. The average Bonchev–Trinajstić information content (AvgIpc) is 2.66. The van der Waals surface area contributed by atoms with Crippen LogP contribution >= 0.6 is 11.8 Å². The molecule has 0 aliphatic rings. The van der Waals surface area contributed by atoms with Gasteiger partial charge in [-0.25, -0.2) is 9.78 Å². The van der Waals surface area contributed by atoms with Crippen molar-refractivity contribution in [2.75, 3.05) is 5.75 Å². The van der Waals surface area contributed by atoms with Crippen molar-refractivity contribution in [3.8, 4) is 0 Å². The number of primary amides is 1. The number of rotatable bonds is 4. The van der Waals surface area contributed by atoms with Crippen molar-refractivity contribution < 1.29 is 9.59 Å². The van der Waals surface area contributed by atoms with Crippen LogP contribution in [0, 0.1) is 0 Å². The fraction of sp³-hybridized carbons (Fsp3) is 0.250. The number of carbonyl (C=O) groups excluding carboxylic acids is 2. The third kappa shape index (κ3) is 3.25. The molecule has 0 saturated heterocycles. The van der Waals surface area contributed by atoms with Crippen LogP contribution in [-0.4, -0.2) is 27.2 Å². The highest BCUT2D eigenvalue weighted by Crippen LogP contribution is 2.22. The predicted octanol–water partition coefficient (Wildman–Crippen LogP) is 1.25. The molecule has 7 heteroatoms. The van der Waals surface area contributed by atoms with E-state index in [0.29, 0.717) is 5.75 Å². The average molecular weight is 278 g/mol. The summed E-state index contributed by atoms with van der Waals surface area (Å²) in [4.78, 5) is 26.2. The molecule has 1 aromatic carbocycles. The first-order valence-corrected chi connectivity index (χ1v) is 6.70. The molecule has 0 saturated carbocycles. The normalized spacial score (nSPS) is 10.6. The van der Waals surface area contributed by atoms with E-state index in [2.05, 4.69) is 4.98 Å². The number of nitrogens with two attached hydrogens (primary N) is 1. The number of thioether (sulfide) groups is 1. The smallest absolute Gasteiger partial charge is 0.318 e. The molecule has 0 bridgehead atoms. The lowest BCUT2D eigenvalue weighted by molar-refractivity contribution is -0.119. The number of benzene rings is 1. The van der Waals surface area contributed by atoms with Gasteiger partial charge in [0.15, 0.2) is 5.16 Å². The second-order valence-electron chi connectivity index (χ2n) is 3.95. The minimum Gasteiger partial charge on any atom is -0.351 e. The predicted molar refractivity (Wildman–Crippen MR) is 73.8 cm³/mol. The van der Waals surface area contributed by atoms with E-state index in [4.69, 9.17) is 5.73 Å². The minimum absolute atomic E-state index is 0.219. The number of imide groups is 1. The molecule has 2 rings (SSSR count). The summed E-state index contributed by atoms with van der Waals surface area (Å²) in [7, 11) is 1.93. The van der Waals surface area contributed by atoms with Gasteiger partial charge in [-0.05, 0) is 12.1 Å². The molecule has 6 nitrogen and oxygen atoms in total. The molecule has 0 radical (unpaired) electrons. The van der Waals surface area contributed by atoms with E-state index < -0.39 is 6.03 Å². The van der Waals surface area contributed by atoms with Crippen molar-refractivity contribution in [3.05, 3.63) is 24.3 Å². The number of carbonyl (C=O) groups is 2. The van der Waals surface area contributed by atoms with Crippen molar-refractivity contribution in [1.82, 2.24) is 14.9 Å². The van der Waals surface area contributed by atoms with Gasteiger partial charge in [-0.3, -0.25) is 10.1 Å². The van der Waals surface area contributed by atoms with Gasteiger partial charge in [-0.15, -0.1) is 0 Å². The van der Waals surface area contributed by atoms with Gasteiger partial charge in [0, 0.05) is 19.2 Å². The Hall–Kier alpha value is -2.02. The second-order valence-corrected chi connectivity index (χ2v) is 5.02. The van der Waals surface area contributed by atoms with E-state index in [-0.39, 0.29) is 12.3 Å². The number of aryl methyl sites for hydroxylation is 1. The lowest BCUT2D eigenvalue weighted by Crippen LogP contribution is -2.35. The number of amides is 3. The Morgan fingerprint density at radius 3 is 2.84 bits per heavy atom. The molecule has 0 unspecified atom stereocenters. The standard InChI is InChI=1S/C12H14N4O2S/c1-16-9-5-3-2-4-8(9)14-12(16)19-7-6-10(17)15-11(13)18/h2-5H,6-7H2,1H3,(H3,13,15,17,18). The summed E-state index contributed by atoms with van der Waals surface area (Å²) < 4.78 is 1.98. The maximum Gasteiger partial charge on any atom is 0.318 e. The molecule has 1 aromatic heterocycles. The molecule has 0 aliphatic heterocycles. The first-order chi connectivity index (χ1) is 9.08. The Morgan fingerprint density at radius 2 is 2.16 bits per heavy atom. The molecule has 100 valence electrons. The van der Waals surface area contributed by atoms with Crippen LogP contribution in [0.1, 0.15) is 6.42 Å². The van der Waals surface area contributed by atoms with Crippen LogP contribution in [-0.2, 0) is 11.8 Å². The van der Waals surface area contributed by atoms with Gasteiger partial charge >= 0.3 is 6.03 Å². The maximum absolute atomic E-state index is 11.2. The quantitative estimate of drug-likeness (QED) is 0.824. The number of imidazole rings is 1. The van der Waals surface area contributed by atoms with Gasteiger partial charge in [-0.1, -0.05) is 23.9 Å². The Balaban J connectivity index is 1.97. The first-order valence-electron chi connectivity index (χ1n) is 5.71. The topological polar surface area (TPSA) is 90.0 Å². The fourth-order valence-electron chi connectivity index (χ4n) is 1.69. The second kappa shape index (κ2) is 5.75. The molecule has 19 heavy (non-hydrogen) atoms. The summed E-state index contributed by atoms with van der Waals surface area (Å²) in [5, 5.41) is 2.87. The van der Waals surface area contributed by atoms with E-state index in [1.54, 1.807) is 0 Å². The van der Waals surface area contributed by atoms with Gasteiger partial charge in [0.2, 0.25) is 5.91 Å². The lowest BCUT2D eigenvalue weighted by atomic mass is 10.3. The van der Waals surface area contributed by atoms with E-state index in [9.17, 15) is 9.59 Å². The third-order valence-electron chi connectivity index (χ3n) is 2.57. The number of para-hydroxylation sites is 2. The summed E-state index contributed by atoms with van der Waals surface area (Å²) in [6.45, 7) is 0. The molecule has 2 aromatic rings. The lowest BCUT2D eigenvalue weighted by Gasteiger charge is -2.02. The highest BCUT2D eigenvalue weighted by Gasteiger charge is 2.09. The highest BCUT2D eigenvalue weighted by atomic mass is 32.2. The van der Waals surface area contributed by atoms with Gasteiger partial charge < -0.3 is 10.3 Å². The summed E-state index contributed by atoms with van der Waals surface area (Å²) in [5.41, 5.74) is 6.83. The molecule has 1 heterocycles. The third-order valence-corrected chi connectivity index (χ3v) is 3.60. The number of fused-ring (bicyclic) bond motifs is 1. The number of nitrogens with one attached hydrogen (secondary N) is 1. The zero-order chi connectivity index (χ0) is 13.8. The summed E-state index contributed by atoms with van der Waals surface area (Å²) in [6.07, 6.45) is 0.219. The van der Waals surface area contributed by atoms with Gasteiger partial charge in [0.25, 0.3) is 0 Å². The Kier molecular flexibility index (Phi) is 4.06. The first kappa shape index (κ1) is 13.4. The van der Waals surface area contributed by atoms with Crippen molar-refractivity contribution in [1.29, 1.82) is 0 Å². The number of nitrogens with zero attached hydrogens (tertiary/aromatic N) is 2. The number of aromatic nitrogens is 2. The summed E-state index contributed by atoms with van der Waals surface area (Å²) >= 11 is 1.47. The van der Waals surface area contributed by atoms with Crippen LogP contribution in [0.3, 0.4) is 0 Å². The number of hydrogen-bond donors (Lipinski definition) is 2. The molecule has 3 N–H and O–H groups in total.